The minimum atomic E-state index is 0.00844. The maximum atomic E-state index is 11.9. The molecule has 1 aromatic heterocycles. The number of hydrogen-bond acceptors (Lipinski definition) is 4. The summed E-state index contributed by atoms with van der Waals surface area (Å²) < 4.78 is 0. The molecule has 1 amide bonds. The van der Waals surface area contributed by atoms with E-state index in [1.807, 2.05) is 19.1 Å². The van der Waals surface area contributed by atoms with Gasteiger partial charge in [0.25, 0.3) is 0 Å². The van der Waals surface area contributed by atoms with Crippen molar-refractivity contribution in [3.63, 3.8) is 0 Å². The molecule has 2 N–H and O–H groups in total. The third kappa shape index (κ3) is 3.78. The molecule has 1 aliphatic rings. The molecule has 98 valence electrons. The van der Waals surface area contributed by atoms with Gasteiger partial charge in [0, 0.05) is 38.6 Å². The van der Waals surface area contributed by atoms with Crippen molar-refractivity contribution in [1.82, 2.24) is 20.5 Å². The molecule has 0 aliphatic carbocycles. The van der Waals surface area contributed by atoms with Crippen molar-refractivity contribution in [2.75, 3.05) is 32.7 Å². The van der Waals surface area contributed by atoms with E-state index >= 15 is 0 Å². The second-order valence-electron chi connectivity index (χ2n) is 4.60. The van der Waals surface area contributed by atoms with Gasteiger partial charge in [0.1, 0.15) is 0 Å². The number of rotatable bonds is 4. The van der Waals surface area contributed by atoms with Crippen LogP contribution < -0.4 is 10.6 Å². The van der Waals surface area contributed by atoms with E-state index in [0.29, 0.717) is 6.54 Å². The molecule has 1 aliphatic heterocycles. The Morgan fingerprint density at radius 1 is 1.56 bits per heavy atom. The number of nitrogens with zero attached hydrogens (tertiary/aromatic N) is 2. The molecule has 1 atom stereocenters. The Bertz CT molecular complexity index is 376. The highest BCUT2D eigenvalue weighted by atomic mass is 16.2. The highest BCUT2D eigenvalue weighted by molar-refractivity contribution is 5.78. The number of carbonyl (C=O) groups excluding carboxylic acids is 1. The average molecular weight is 248 g/mol. The van der Waals surface area contributed by atoms with E-state index in [0.717, 1.165) is 31.7 Å². The predicted octanol–water partition coefficient (Wildman–Crippen LogP) is 0.164. The predicted molar refractivity (Wildman–Crippen MR) is 70.1 cm³/mol. The lowest BCUT2D eigenvalue weighted by molar-refractivity contribution is -0.123. The molecule has 5 heteroatoms. The summed E-state index contributed by atoms with van der Waals surface area (Å²) in [4.78, 5) is 18.1. The molecular weight excluding hydrogens is 228 g/mol. The van der Waals surface area contributed by atoms with Crippen molar-refractivity contribution >= 4 is 5.91 Å². The second kappa shape index (κ2) is 6.47. The van der Waals surface area contributed by atoms with Crippen LogP contribution in [0.15, 0.2) is 24.5 Å². The summed E-state index contributed by atoms with van der Waals surface area (Å²) in [6, 6.07) is 3.87. The van der Waals surface area contributed by atoms with Gasteiger partial charge < -0.3 is 10.6 Å². The summed E-state index contributed by atoms with van der Waals surface area (Å²) in [5.74, 6) is 0.0771. The van der Waals surface area contributed by atoms with Crippen molar-refractivity contribution in [3.8, 4) is 0 Å². The monoisotopic (exact) mass is 248 g/mol. The van der Waals surface area contributed by atoms with Crippen LogP contribution in [0, 0.1) is 0 Å². The van der Waals surface area contributed by atoms with Gasteiger partial charge in [-0.15, -0.1) is 0 Å². The standard InChI is InChI=1S/C13H20N4O/c1-11(12-3-2-4-15-9-12)16-13(18)10-17-7-5-14-6-8-17/h2-4,9,11,14H,5-8,10H2,1H3,(H,16,18). The summed E-state index contributed by atoms with van der Waals surface area (Å²) in [7, 11) is 0. The molecule has 1 unspecified atom stereocenters. The SMILES string of the molecule is CC(NC(=O)CN1CCNCC1)c1cccnc1. The first-order valence-corrected chi connectivity index (χ1v) is 6.38. The summed E-state index contributed by atoms with van der Waals surface area (Å²) >= 11 is 0. The lowest BCUT2D eigenvalue weighted by Crippen LogP contribution is -2.47. The van der Waals surface area contributed by atoms with E-state index in [1.54, 1.807) is 12.4 Å². The van der Waals surface area contributed by atoms with Gasteiger partial charge in [0.15, 0.2) is 0 Å². The molecule has 1 saturated heterocycles. The quantitative estimate of drug-likeness (QED) is 0.797. The third-order valence-electron chi connectivity index (χ3n) is 3.14. The van der Waals surface area contributed by atoms with Gasteiger partial charge in [-0.1, -0.05) is 6.07 Å². The molecule has 0 radical (unpaired) electrons. The van der Waals surface area contributed by atoms with E-state index in [9.17, 15) is 4.79 Å². The number of aromatic nitrogens is 1. The van der Waals surface area contributed by atoms with E-state index in [1.165, 1.54) is 0 Å². The minimum absolute atomic E-state index is 0.00844. The zero-order chi connectivity index (χ0) is 12.8. The number of carbonyl (C=O) groups is 1. The van der Waals surface area contributed by atoms with Gasteiger partial charge >= 0.3 is 0 Å². The maximum Gasteiger partial charge on any atom is 0.234 e. The topological polar surface area (TPSA) is 57.3 Å². The van der Waals surface area contributed by atoms with Gasteiger partial charge in [-0.2, -0.15) is 0 Å². The fraction of sp³-hybridized carbons (Fsp3) is 0.538. The van der Waals surface area contributed by atoms with Crippen molar-refractivity contribution < 1.29 is 4.79 Å². The summed E-state index contributed by atoms with van der Waals surface area (Å²) in [6.07, 6.45) is 3.52. The van der Waals surface area contributed by atoms with E-state index in [2.05, 4.69) is 20.5 Å². The molecule has 18 heavy (non-hydrogen) atoms. The fourth-order valence-corrected chi connectivity index (χ4v) is 2.07. The van der Waals surface area contributed by atoms with Crippen LogP contribution >= 0.6 is 0 Å². The number of amides is 1. The molecule has 0 aromatic carbocycles. The van der Waals surface area contributed by atoms with Crippen molar-refractivity contribution in [2.24, 2.45) is 0 Å². The van der Waals surface area contributed by atoms with Crippen molar-refractivity contribution in [1.29, 1.82) is 0 Å². The van der Waals surface area contributed by atoms with Gasteiger partial charge in [0.05, 0.1) is 12.6 Å². The number of nitrogens with one attached hydrogen (secondary N) is 2. The molecular formula is C13H20N4O. The number of piperazine rings is 1. The Hall–Kier alpha value is -1.46. The maximum absolute atomic E-state index is 11.9. The smallest absolute Gasteiger partial charge is 0.234 e. The fourth-order valence-electron chi connectivity index (χ4n) is 2.07. The van der Waals surface area contributed by atoms with Crippen LogP contribution in [0.25, 0.3) is 0 Å². The zero-order valence-electron chi connectivity index (χ0n) is 10.7. The summed E-state index contributed by atoms with van der Waals surface area (Å²) in [5.41, 5.74) is 1.03. The molecule has 2 heterocycles. The van der Waals surface area contributed by atoms with E-state index in [-0.39, 0.29) is 11.9 Å². The van der Waals surface area contributed by atoms with Crippen molar-refractivity contribution in [2.45, 2.75) is 13.0 Å². The molecule has 0 bridgehead atoms. The van der Waals surface area contributed by atoms with Crippen LogP contribution in [-0.2, 0) is 4.79 Å². The van der Waals surface area contributed by atoms with Gasteiger partial charge in [-0.05, 0) is 18.6 Å². The van der Waals surface area contributed by atoms with Crippen LogP contribution in [0.3, 0.4) is 0 Å². The average Bonchev–Trinajstić information content (AvgIpc) is 2.40. The Labute approximate surface area is 108 Å². The summed E-state index contributed by atoms with van der Waals surface area (Å²) in [5, 5.41) is 6.28. The highest BCUT2D eigenvalue weighted by Gasteiger charge is 2.15. The Kier molecular flexibility index (Phi) is 4.66. The van der Waals surface area contributed by atoms with Gasteiger partial charge in [0.2, 0.25) is 5.91 Å². The lowest BCUT2D eigenvalue weighted by Gasteiger charge is -2.27. The summed E-state index contributed by atoms with van der Waals surface area (Å²) in [6.45, 7) is 6.26. The Balaban J connectivity index is 1.80. The van der Waals surface area contributed by atoms with Crippen molar-refractivity contribution in [3.05, 3.63) is 30.1 Å². The molecule has 1 aromatic rings. The third-order valence-corrected chi connectivity index (χ3v) is 3.14. The van der Waals surface area contributed by atoms with Crippen LogP contribution in [0.4, 0.5) is 0 Å². The molecule has 0 spiro atoms. The van der Waals surface area contributed by atoms with Gasteiger partial charge in [-0.3, -0.25) is 14.7 Å². The number of pyridine rings is 1. The first kappa shape index (κ1) is 13.0. The molecule has 5 nitrogen and oxygen atoms in total. The minimum Gasteiger partial charge on any atom is -0.348 e. The normalized spacial score (nSPS) is 18.3. The Morgan fingerprint density at radius 3 is 3.00 bits per heavy atom. The Morgan fingerprint density at radius 2 is 2.33 bits per heavy atom. The van der Waals surface area contributed by atoms with Crippen LogP contribution in [0.1, 0.15) is 18.5 Å². The first-order chi connectivity index (χ1) is 8.75. The number of hydrogen-bond donors (Lipinski definition) is 2. The molecule has 1 fully saturated rings. The van der Waals surface area contributed by atoms with Gasteiger partial charge in [-0.25, -0.2) is 0 Å². The van der Waals surface area contributed by atoms with Crippen LogP contribution in [0.5, 0.6) is 0 Å². The molecule has 2 rings (SSSR count). The largest absolute Gasteiger partial charge is 0.348 e. The van der Waals surface area contributed by atoms with E-state index < -0.39 is 0 Å². The van der Waals surface area contributed by atoms with Crippen LogP contribution in [0.2, 0.25) is 0 Å². The zero-order valence-corrected chi connectivity index (χ0v) is 10.7. The molecule has 0 saturated carbocycles. The van der Waals surface area contributed by atoms with E-state index in [4.69, 9.17) is 0 Å². The second-order valence-corrected chi connectivity index (χ2v) is 4.60. The first-order valence-electron chi connectivity index (χ1n) is 6.38. The van der Waals surface area contributed by atoms with Crippen LogP contribution in [-0.4, -0.2) is 48.5 Å². The highest BCUT2D eigenvalue weighted by Crippen LogP contribution is 2.09. The lowest BCUT2D eigenvalue weighted by atomic mass is 10.1.